The zero-order chi connectivity index (χ0) is 17.0. The minimum absolute atomic E-state index is 0. The van der Waals surface area contributed by atoms with Gasteiger partial charge in [0.05, 0.1) is 12.8 Å². The minimum Gasteiger partial charge on any atom is -0.497 e. The number of benzene rings is 2. The summed E-state index contributed by atoms with van der Waals surface area (Å²) >= 11 is 6.03. The van der Waals surface area contributed by atoms with Gasteiger partial charge in [-0.2, -0.15) is 0 Å². The Labute approximate surface area is 155 Å². The lowest BCUT2D eigenvalue weighted by molar-refractivity contribution is 0.415. The molecule has 0 radical (unpaired) electrons. The van der Waals surface area contributed by atoms with Gasteiger partial charge in [0.15, 0.2) is 0 Å². The van der Waals surface area contributed by atoms with Crippen LogP contribution in [0.5, 0.6) is 5.75 Å². The summed E-state index contributed by atoms with van der Waals surface area (Å²) in [6, 6.07) is 12.5. The largest absolute Gasteiger partial charge is 0.497 e. The van der Waals surface area contributed by atoms with Crippen LogP contribution >= 0.6 is 24.0 Å². The molecule has 0 aliphatic rings. The number of hydrogen-bond donors (Lipinski definition) is 1. The maximum atomic E-state index is 11.6. The number of rotatable bonds is 4. The van der Waals surface area contributed by atoms with E-state index in [2.05, 4.69) is 4.99 Å². The Balaban J connectivity index is 0.00000288. The Hall–Kier alpha value is -1.76. The second-order valence-corrected chi connectivity index (χ2v) is 6.65. The first-order valence-corrected chi connectivity index (χ1v) is 8.70. The van der Waals surface area contributed by atoms with Crippen molar-refractivity contribution >= 4 is 52.1 Å². The van der Waals surface area contributed by atoms with Crippen molar-refractivity contribution in [1.82, 2.24) is 0 Å². The zero-order valence-corrected chi connectivity index (χ0v) is 15.9. The van der Waals surface area contributed by atoms with Gasteiger partial charge in [-0.05, 0) is 30.3 Å². The zero-order valence-electron chi connectivity index (χ0n) is 13.5. The predicted octanol–water partition coefficient (Wildman–Crippen LogP) is 3.59. The van der Waals surface area contributed by atoms with Gasteiger partial charge in [-0.1, -0.05) is 17.7 Å². The molecule has 0 spiro atoms. The van der Waals surface area contributed by atoms with Crippen LogP contribution in [0.3, 0.4) is 0 Å². The van der Waals surface area contributed by atoms with E-state index in [1.807, 2.05) is 24.3 Å². The molecule has 0 fully saturated rings. The van der Waals surface area contributed by atoms with Crippen LogP contribution in [0.15, 0.2) is 52.4 Å². The topological polar surface area (TPSA) is 67.9 Å². The van der Waals surface area contributed by atoms with Crippen molar-refractivity contribution in [1.29, 1.82) is 0 Å². The first kappa shape index (κ1) is 20.3. The Morgan fingerprint density at radius 3 is 2.62 bits per heavy atom. The summed E-state index contributed by atoms with van der Waals surface area (Å²) in [7, 11) is 2.29. The normalized spacial score (nSPS) is 12.2. The second-order valence-electron chi connectivity index (χ2n) is 4.83. The van der Waals surface area contributed by atoms with E-state index in [4.69, 9.17) is 22.1 Å². The van der Waals surface area contributed by atoms with Crippen molar-refractivity contribution < 1.29 is 8.95 Å². The van der Waals surface area contributed by atoms with Crippen LogP contribution < -0.4 is 15.4 Å². The SMILES string of the molecule is COc1cc(Cl)cc(N=C(N)N(C)c2cccc(S(C)=O)c2)c1.Cl. The van der Waals surface area contributed by atoms with Crippen LogP contribution in [0.25, 0.3) is 0 Å². The summed E-state index contributed by atoms with van der Waals surface area (Å²) in [5, 5.41) is 0.516. The molecule has 0 heterocycles. The van der Waals surface area contributed by atoms with Crippen molar-refractivity contribution in [3.8, 4) is 5.75 Å². The molecule has 1 unspecified atom stereocenters. The molecule has 2 N–H and O–H groups in total. The number of ether oxygens (including phenoxy) is 1. The van der Waals surface area contributed by atoms with Gasteiger partial charge in [-0.3, -0.25) is 4.21 Å². The Morgan fingerprint density at radius 1 is 1.29 bits per heavy atom. The van der Waals surface area contributed by atoms with Gasteiger partial charge in [-0.15, -0.1) is 12.4 Å². The Morgan fingerprint density at radius 2 is 2.00 bits per heavy atom. The highest BCUT2D eigenvalue weighted by Gasteiger charge is 2.08. The number of guanidine groups is 1. The number of hydrogen-bond acceptors (Lipinski definition) is 3. The molecule has 2 rings (SSSR count). The summed E-state index contributed by atoms with van der Waals surface area (Å²) in [5.74, 6) is 0.892. The number of halogens is 2. The van der Waals surface area contributed by atoms with Crippen LogP contribution in [-0.2, 0) is 10.8 Å². The molecule has 5 nitrogen and oxygen atoms in total. The average molecular weight is 388 g/mol. The second kappa shape index (κ2) is 8.92. The lowest BCUT2D eigenvalue weighted by Crippen LogP contribution is -2.33. The van der Waals surface area contributed by atoms with E-state index in [9.17, 15) is 4.21 Å². The smallest absolute Gasteiger partial charge is 0.200 e. The van der Waals surface area contributed by atoms with Gasteiger partial charge in [0, 0.05) is 45.8 Å². The lowest BCUT2D eigenvalue weighted by atomic mass is 10.3. The molecule has 0 aliphatic carbocycles. The van der Waals surface area contributed by atoms with E-state index >= 15 is 0 Å². The van der Waals surface area contributed by atoms with E-state index in [-0.39, 0.29) is 18.4 Å². The third kappa shape index (κ3) is 5.12. The van der Waals surface area contributed by atoms with E-state index in [1.54, 1.807) is 43.5 Å². The molecule has 0 aromatic heterocycles. The summed E-state index contributed by atoms with van der Waals surface area (Å²) in [6.45, 7) is 0. The predicted molar refractivity (Wildman–Crippen MR) is 104 cm³/mol. The van der Waals surface area contributed by atoms with E-state index < -0.39 is 10.8 Å². The summed E-state index contributed by atoms with van der Waals surface area (Å²) in [6.07, 6.45) is 1.63. The van der Waals surface area contributed by atoms with Crippen molar-refractivity contribution in [2.75, 3.05) is 25.3 Å². The van der Waals surface area contributed by atoms with Gasteiger partial charge in [0.2, 0.25) is 5.96 Å². The standard InChI is InChI=1S/C16H18ClN3O2S.ClH/c1-20(13-5-4-6-15(10-13)23(3)21)16(18)19-12-7-11(17)8-14(9-12)22-2;/h4-10H,1-3H3,(H2,18,19);1H. The molecular formula is C16H19Cl2N3O2S. The average Bonchev–Trinajstić information content (AvgIpc) is 2.53. The Kier molecular flexibility index (Phi) is 7.54. The summed E-state index contributed by atoms with van der Waals surface area (Å²) in [4.78, 5) is 6.80. The first-order chi connectivity index (χ1) is 10.9. The fourth-order valence-corrected chi connectivity index (χ4v) is 2.72. The van der Waals surface area contributed by atoms with Crippen LogP contribution in [0.2, 0.25) is 5.02 Å². The van der Waals surface area contributed by atoms with Gasteiger partial charge in [0.25, 0.3) is 0 Å². The van der Waals surface area contributed by atoms with Crippen LogP contribution in [0.1, 0.15) is 0 Å². The third-order valence-corrected chi connectivity index (χ3v) is 4.35. The molecular weight excluding hydrogens is 369 g/mol. The summed E-state index contributed by atoms with van der Waals surface area (Å²) in [5.41, 5.74) is 7.46. The van der Waals surface area contributed by atoms with Gasteiger partial charge in [-0.25, -0.2) is 4.99 Å². The van der Waals surface area contributed by atoms with Crippen molar-refractivity contribution in [2.24, 2.45) is 10.7 Å². The van der Waals surface area contributed by atoms with Gasteiger partial charge >= 0.3 is 0 Å². The fourth-order valence-electron chi connectivity index (χ4n) is 1.94. The monoisotopic (exact) mass is 387 g/mol. The maximum absolute atomic E-state index is 11.6. The molecule has 0 amide bonds. The number of nitrogens with two attached hydrogens (primary N) is 1. The molecule has 8 heteroatoms. The van der Waals surface area contributed by atoms with Crippen LogP contribution in [0.4, 0.5) is 11.4 Å². The van der Waals surface area contributed by atoms with Gasteiger partial charge in [0.1, 0.15) is 5.75 Å². The highest BCUT2D eigenvalue weighted by Crippen LogP contribution is 2.26. The molecule has 1 atom stereocenters. The van der Waals surface area contributed by atoms with Crippen molar-refractivity contribution in [3.05, 3.63) is 47.5 Å². The summed E-state index contributed by atoms with van der Waals surface area (Å²) < 4.78 is 16.8. The fraction of sp³-hybridized carbons (Fsp3) is 0.188. The first-order valence-electron chi connectivity index (χ1n) is 6.76. The molecule has 0 bridgehead atoms. The molecule has 0 saturated heterocycles. The number of methoxy groups -OCH3 is 1. The lowest BCUT2D eigenvalue weighted by Gasteiger charge is -2.18. The quantitative estimate of drug-likeness (QED) is 0.642. The number of aliphatic imine (C=N–C) groups is 1. The molecule has 2 aromatic rings. The van der Waals surface area contributed by atoms with Crippen LogP contribution in [0, 0.1) is 0 Å². The number of anilines is 1. The molecule has 0 aliphatic heterocycles. The highest BCUT2D eigenvalue weighted by atomic mass is 35.5. The van der Waals surface area contributed by atoms with Crippen molar-refractivity contribution in [3.63, 3.8) is 0 Å². The maximum Gasteiger partial charge on any atom is 0.200 e. The van der Waals surface area contributed by atoms with E-state index in [1.165, 1.54) is 0 Å². The third-order valence-electron chi connectivity index (χ3n) is 3.22. The highest BCUT2D eigenvalue weighted by molar-refractivity contribution is 7.84. The molecule has 130 valence electrons. The molecule has 2 aromatic carbocycles. The van der Waals surface area contributed by atoms with E-state index in [0.29, 0.717) is 16.5 Å². The number of nitrogens with zero attached hydrogens (tertiary/aromatic N) is 2. The van der Waals surface area contributed by atoms with Crippen LogP contribution in [-0.4, -0.2) is 30.6 Å². The van der Waals surface area contributed by atoms with Crippen molar-refractivity contribution in [2.45, 2.75) is 4.90 Å². The minimum atomic E-state index is -1.06. The van der Waals surface area contributed by atoms with Gasteiger partial charge < -0.3 is 15.4 Å². The van der Waals surface area contributed by atoms with E-state index in [0.717, 1.165) is 10.6 Å². The molecule has 24 heavy (non-hydrogen) atoms. The Bertz CT molecular complexity index is 769. The molecule has 0 saturated carbocycles.